The Kier molecular flexibility index (Phi) is 6.47. The minimum atomic E-state index is -0.219. The molecule has 0 bridgehead atoms. The van der Waals surface area contributed by atoms with Crippen molar-refractivity contribution in [2.45, 2.75) is 6.92 Å². The van der Waals surface area contributed by atoms with Gasteiger partial charge in [0.2, 0.25) is 0 Å². The van der Waals surface area contributed by atoms with Gasteiger partial charge in [-0.3, -0.25) is 4.99 Å². The third kappa shape index (κ3) is 4.21. The highest BCUT2D eigenvalue weighted by Crippen LogP contribution is 2.58. The van der Waals surface area contributed by atoms with Crippen molar-refractivity contribution in [3.05, 3.63) is 180 Å². The zero-order valence-electron chi connectivity index (χ0n) is 27.6. The van der Waals surface area contributed by atoms with Crippen LogP contribution in [0.1, 0.15) is 18.1 Å². The Morgan fingerprint density at radius 1 is 0.520 bits per heavy atom. The van der Waals surface area contributed by atoms with Crippen LogP contribution in [0.5, 0.6) is 0 Å². The van der Waals surface area contributed by atoms with Crippen LogP contribution in [0.2, 0.25) is 0 Å². The molecule has 0 aromatic heterocycles. The molecular weight excluding hydrogens is 610 g/mol. The van der Waals surface area contributed by atoms with Crippen LogP contribution in [0.25, 0.3) is 77.3 Å². The van der Waals surface area contributed by atoms with Crippen molar-refractivity contribution in [1.29, 1.82) is 0 Å². The van der Waals surface area contributed by atoms with Crippen molar-refractivity contribution in [1.82, 2.24) is 0 Å². The molecule has 2 aliphatic carbocycles. The van der Waals surface area contributed by atoms with Gasteiger partial charge in [-0.1, -0.05) is 153 Å². The van der Waals surface area contributed by atoms with E-state index in [1.807, 2.05) is 12.1 Å². The molecule has 1 aliphatic heterocycles. The maximum atomic E-state index is 13.9. The van der Waals surface area contributed by atoms with Crippen LogP contribution in [0.4, 0.5) is 4.39 Å². The van der Waals surface area contributed by atoms with Gasteiger partial charge in [0.05, 0.1) is 5.70 Å². The number of allylic oxidation sites excluding steroid dienone is 5. The second-order valence-electron chi connectivity index (χ2n) is 13.6. The molecule has 7 aromatic carbocycles. The number of fused-ring (bicyclic) bond motifs is 5. The van der Waals surface area contributed by atoms with Crippen molar-refractivity contribution in [2.75, 3.05) is 0 Å². The average molecular weight is 642 g/mol. The van der Waals surface area contributed by atoms with E-state index < -0.39 is 0 Å². The highest BCUT2D eigenvalue weighted by molar-refractivity contribution is 6.28. The summed E-state index contributed by atoms with van der Waals surface area (Å²) in [6.07, 6.45) is 8.63. The number of aliphatic imine (C=N–C) groups is 1. The van der Waals surface area contributed by atoms with E-state index >= 15 is 0 Å². The fourth-order valence-corrected chi connectivity index (χ4v) is 8.74. The lowest BCUT2D eigenvalue weighted by molar-refractivity contribution is 0.626. The zero-order chi connectivity index (χ0) is 33.3. The topological polar surface area (TPSA) is 12.4 Å². The predicted octanol–water partition coefficient (Wildman–Crippen LogP) is 12.8. The standard InChI is InChI=1S/C48H32FN/c1-29-28-50-48(41-21-10-18-34(42(29)41)30-22-24-33(49)25-23-30)38-26-27-40-45-37(38)19-11-20-39(45)46-43(31-12-4-2-5-13-31)35-16-8-9-17-36(35)44(47(40)46)32-14-6-3-7-15-32/h2-29,42H,1H3. The van der Waals surface area contributed by atoms with E-state index in [0.29, 0.717) is 0 Å². The highest BCUT2D eigenvalue weighted by atomic mass is 19.1. The maximum Gasteiger partial charge on any atom is 0.123 e. The molecule has 0 saturated heterocycles. The first-order valence-corrected chi connectivity index (χ1v) is 17.4. The van der Waals surface area contributed by atoms with Crippen molar-refractivity contribution in [3.63, 3.8) is 0 Å². The van der Waals surface area contributed by atoms with Crippen LogP contribution in [0.15, 0.2) is 168 Å². The molecule has 236 valence electrons. The Hall–Kier alpha value is -6.12. The lowest BCUT2D eigenvalue weighted by atomic mass is 9.73. The minimum Gasteiger partial charge on any atom is -0.260 e. The first-order valence-electron chi connectivity index (χ1n) is 17.4. The number of hydrogen-bond donors (Lipinski definition) is 0. The van der Waals surface area contributed by atoms with E-state index in [2.05, 4.69) is 147 Å². The molecule has 1 heterocycles. The Balaban J connectivity index is 1.26. The number of halogens is 1. The molecule has 0 saturated carbocycles. The zero-order valence-corrected chi connectivity index (χ0v) is 27.6. The van der Waals surface area contributed by atoms with E-state index in [1.54, 1.807) is 12.1 Å². The lowest BCUT2D eigenvalue weighted by Gasteiger charge is -2.32. The normalized spacial score (nSPS) is 17.3. The predicted molar refractivity (Wildman–Crippen MR) is 208 cm³/mol. The molecule has 50 heavy (non-hydrogen) atoms. The molecule has 0 fully saturated rings. The number of nitrogens with zero attached hydrogens (tertiary/aromatic N) is 1. The van der Waals surface area contributed by atoms with Gasteiger partial charge in [-0.2, -0.15) is 0 Å². The Morgan fingerprint density at radius 3 is 1.76 bits per heavy atom. The molecule has 10 rings (SSSR count). The maximum absolute atomic E-state index is 13.9. The minimum absolute atomic E-state index is 0.123. The molecule has 0 radical (unpaired) electrons. The first kappa shape index (κ1) is 28.9. The van der Waals surface area contributed by atoms with E-state index in [9.17, 15) is 4.39 Å². The fraction of sp³-hybridized carbons (Fsp3) is 0.0625. The summed E-state index contributed by atoms with van der Waals surface area (Å²) in [5, 5.41) is 5.00. The van der Waals surface area contributed by atoms with Crippen LogP contribution in [-0.2, 0) is 0 Å². The van der Waals surface area contributed by atoms with Crippen molar-refractivity contribution < 1.29 is 4.39 Å². The van der Waals surface area contributed by atoms with Gasteiger partial charge >= 0.3 is 0 Å². The van der Waals surface area contributed by atoms with Crippen molar-refractivity contribution in [3.8, 4) is 44.5 Å². The van der Waals surface area contributed by atoms with Crippen LogP contribution in [0, 0.1) is 17.7 Å². The number of hydrogen-bond acceptors (Lipinski definition) is 1. The van der Waals surface area contributed by atoms with Gasteiger partial charge in [-0.15, -0.1) is 0 Å². The quantitative estimate of drug-likeness (QED) is 0.181. The molecule has 3 aliphatic rings. The Labute approximate surface area is 291 Å². The second kappa shape index (κ2) is 11.2. The summed E-state index contributed by atoms with van der Waals surface area (Å²) in [5.74, 6) is 0.103. The summed E-state index contributed by atoms with van der Waals surface area (Å²) < 4.78 is 13.9. The van der Waals surface area contributed by atoms with Crippen LogP contribution >= 0.6 is 0 Å². The number of rotatable bonds is 4. The van der Waals surface area contributed by atoms with E-state index in [-0.39, 0.29) is 17.7 Å². The van der Waals surface area contributed by atoms with Gasteiger partial charge in [0, 0.05) is 23.6 Å². The molecule has 0 spiro atoms. The van der Waals surface area contributed by atoms with Gasteiger partial charge in [-0.25, -0.2) is 4.39 Å². The number of benzene rings is 7. The summed E-state index contributed by atoms with van der Waals surface area (Å²) in [6.45, 7) is 2.23. The Bertz CT molecular complexity index is 2550. The van der Waals surface area contributed by atoms with Crippen molar-refractivity contribution in [2.24, 2.45) is 16.8 Å². The van der Waals surface area contributed by atoms with Gasteiger partial charge in [-0.05, 0) is 94.9 Å². The van der Waals surface area contributed by atoms with Gasteiger partial charge in [0.25, 0.3) is 0 Å². The van der Waals surface area contributed by atoms with Crippen LogP contribution in [-0.4, -0.2) is 6.21 Å². The van der Waals surface area contributed by atoms with Gasteiger partial charge in [0.1, 0.15) is 5.82 Å². The third-order valence-electron chi connectivity index (χ3n) is 10.8. The second-order valence-corrected chi connectivity index (χ2v) is 13.6. The first-order chi connectivity index (χ1) is 24.7. The molecule has 2 atom stereocenters. The smallest absolute Gasteiger partial charge is 0.123 e. The fourth-order valence-electron chi connectivity index (χ4n) is 8.74. The SMILES string of the molecule is CC1C=NC(c2ccc3c4c(cccc24)-c2c-3c(-c3ccccc3)c3ccccc3c2-c2ccccc2)=C2C=CC=C(c3ccc(F)cc3)C21. The Morgan fingerprint density at radius 2 is 1.10 bits per heavy atom. The van der Waals surface area contributed by atoms with E-state index in [4.69, 9.17) is 4.99 Å². The average Bonchev–Trinajstić information content (AvgIpc) is 3.50. The van der Waals surface area contributed by atoms with Gasteiger partial charge in [0.15, 0.2) is 0 Å². The molecule has 1 nitrogen and oxygen atoms in total. The van der Waals surface area contributed by atoms with Gasteiger partial charge < -0.3 is 0 Å². The lowest BCUT2D eigenvalue weighted by Crippen LogP contribution is -2.22. The van der Waals surface area contributed by atoms with E-state index in [1.165, 1.54) is 77.2 Å². The summed E-state index contributed by atoms with van der Waals surface area (Å²) in [4.78, 5) is 5.18. The summed E-state index contributed by atoms with van der Waals surface area (Å²) in [5.41, 5.74) is 15.7. The highest BCUT2D eigenvalue weighted by Gasteiger charge is 2.34. The van der Waals surface area contributed by atoms with E-state index in [0.717, 1.165) is 16.8 Å². The van der Waals surface area contributed by atoms with Crippen LogP contribution < -0.4 is 0 Å². The molecule has 0 amide bonds. The molecule has 2 unspecified atom stereocenters. The molecule has 7 aromatic rings. The largest absolute Gasteiger partial charge is 0.260 e. The summed E-state index contributed by atoms with van der Waals surface area (Å²) in [6, 6.07) is 48.9. The molecular formula is C48H32FN. The summed E-state index contributed by atoms with van der Waals surface area (Å²) >= 11 is 0. The summed E-state index contributed by atoms with van der Waals surface area (Å²) in [7, 11) is 0. The van der Waals surface area contributed by atoms with Crippen molar-refractivity contribution >= 4 is 39.0 Å². The molecule has 0 N–H and O–H groups in total. The van der Waals surface area contributed by atoms with Crippen LogP contribution in [0.3, 0.4) is 0 Å². The third-order valence-corrected chi connectivity index (χ3v) is 10.8. The molecule has 2 heteroatoms. The monoisotopic (exact) mass is 641 g/mol.